The van der Waals surface area contributed by atoms with E-state index in [-0.39, 0.29) is 17.6 Å². The van der Waals surface area contributed by atoms with Gasteiger partial charge in [-0.15, -0.1) is 0 Å². The Morgan fingerprint density at radius 1 is 1.19 bits per heavy atom. The number of carbonyl (C=O) groups is 1. The molecule has 4 heterocycles. The minimum Gasteiger partial charge on any atom is -0.366 e. The molecule has 1 N–H and O–H groups in total. The molecule has 1 atom stereocenters. The maximum absolute atomic E-state index is 12.7. The predicted octanol–water partition coefficient (Wildman–Crippen LogP) is 2.96. The van der Waals surface area contributed by atoms with Crippen molar-refractivity contribution in [3.8, 4) is 0 Å². The molecule has 2 aromatic heterocycles. The van der Waals surface area contributed by atoms with Crippen LogP contribution in [-0.4, -0.2) is 39.9 Å². The van der Waals surface area contributed by atoms with Gasteiger partial charge < -0.3 is 15.0 Å². The van der Waals surface area contributed by atoms with Gasteiger partial charge in [0.05, 0.1) is 24.3 Å². The van der Waals surface area contributed by atoms with Gasteiger partial charge in [-0.1, -0.05) is 30.3 Å². The number of aromatic nitrogens is 3. The minimum atomic E-state index is -0.339. The molecule has 7 nitrogen and oxygen atoms in total. The number of fused-ring (bicyclic) bond motifs is 2. The molecule has 7 heteroatoms. The highest BCUT2D eigenvalue weighted by Gasteiger charge is 2.44. The molecule has 0 bridgehead atoms. The summed E-state index contributed by atoms with van der Waals surface area (Å²) >= 11 is 0. The summed E-state index contributed by atoms with van der Waals surface area (Å²) < 4.78 is 8.47. The molecule has 1 spiro atoms. The zero-order valence-corrected chi connectivity index (χ0v) is 18.4. The second kappa shape index (κ2) is 8.74. The third kappa shape index (κ3) is 4.25. The van der Waals surface area contributed by atoms with E-state index in [2.05, 4.69) is 50.6 Å². The molecule has 1 fully saturated rings. The minimum absolute atomic E-state index is 0.0132. The Hall–Kier alpha value is -3.19. The van der Waals surface area contributed by atoms with E-state index in [1.807, 2.05) is 31.6 Å². The van der Waals surface area contributed by atoms with Crippen LogP contribution in [0.5, 0.6) is 0 Å². The molecule has 166 valence electrons. The number of piperidine rings is 1. The average Bonchev–Trinajstić information content (AvgIpc) is 3.24. The summed E-state index contributed by atoms with van der Waals surface area (Å²) in [6.45, 7) is 2.25. The molecule has 1 aromatic carbocycles. The fraction of sp³-hybridized carbons (Fsp3) is 0.400. The highest BCUT2D eigenvalue weighted by molar-refractivity contribution is 5.76. The van der Waals surface area contributed by atoms with Crippen molar-refractivity contribution in [1.82, 2.24) is 20.1 Å². The topological polar surface area (TPSA) is 72.3 Å². The monoisotopic (exact) mass is 431 g/mol. The fourth-order valence-electron chi connectivity index (χ4n) is 4.99. The van der Waals surface area contributed by atoms with Gasteiger partial charge in [-0.2, -0.15) is 5.10 Å². The molecule has 1 unspecified atom stereocenters. The first-order chi connectivity index (χ1) is 15.6. The lowest BCUT2D eigenvalue weighted by molar-refractivity contribution is -0.141. The number of aryl methyl sites for hydroxylation is 1. The van der Waals surface area contributed by atoms with Gasteiger partial charge >= 0.3 is 0 Å². The predicted molar refractivity (Wildman–Crippen MR) is 122 cm³/mol. The number of anilines is 1. The van der Waals surface area contributed by atoms with Crippen LogP contribution in [-0.2, 0) is 35.1 Å². The van der Waals surface area contributed by atoms with E-state index in [1.54, 1.807) is 10.9 Å². The lowest BCUT2D eigenvalue weighted by Crippen LogP contribution is -2.49. The zero-order valence-electron chi connectivity index (χ0n) is 18.4. The van der Waals surface area contributed by atoms with Crippen molar-refractivity contribution in [1.29, 1.82) is 0 Å². The Balaban J connectivity index is 1.27. The van der Waals surface area contributed by atoms with Crippen LogP contribution in [0.1, 0.15) is 36.0 Å². The first kappa shape index (κ1) is 20.7. The van der Waals surface area contributed by atoms with Crippen LogP contribution in [0.3, 0.4) is 0 Å². The number of pyridine rings is 1. The van der Waals surface area contributed by atoms with Crippen molar-refractivity contribution < 1.29 is 9.53 Å². The number of benzene rings is 1. The second-order valence-electron chi connectivity index (χ2n) is 8.77. The van der Waals surface area contributed by atoms with Gasteiger partial charge in [-0.25, -0.2) is 4.98 Å². The number of amides is 1. The number of rotatable bonds is 5. The van der Waals surface area contributed by atoms with Crippen molar-refractivity contribution in [2.24, 2.45) is 7.05 Å². The number of ether oxygens (including phenoxy) is 1. The van der Waals surface area contributed by atoms with E-state index in [4.69, 9.17) is 4.74 Å². The lowest BCUT2D eigenvalue weighted by atomic mass is 9.78. The second-order valence-corrected chi connectivity index (χ2v) is 8.77. The molecule has 1 amide bonds. The molecule has 1 saturated heterocycles. The normalized spacial score (nSPS) is 19.5. The van der Waals surface area contributed by atoms with E-state index >= 15 is 0 Å². The first-order valence-electron chi connectivity index (χ1n) is 11.3. The summed E-state index contributed by atoms with van der Waals surface area (Å²) in [5, 5.41) is 7.17. The van der Waals surface area contributed by atoms with Crippen molar-refractivity contribution in [3.05, 3.63) is 77.7 Å². The van der Waals surface area contributed by atoms with Crippen LogP contribution in [0.4, 0.5) is 5.82 Å². The quantitative estimate of drug-likeness (QED) is 0.673. The molecular weight excluding hydrogens is 402 g/mol. The molecule has 2 aliphatic rings. The summed E-state index contributed by atoms with van der Waals surface area (Å²) in [7, 11) is 1.87. The van der Waals surface area contributed by atoms with E-state index in [9.17, 15) is 4.79 Å². The lowest BCUT2D eigenvalue weighted by Gasteiger charge is -2.47. The van der Waals surface area contributed by atoms with Gasteiger partial charge in [0.2, 0.25) is 5.91 Å². The Morgan fingerprint density at radius 2 is 2.00 bits per heavy atom. The zero-order chi connectivity index (χ0) is 22.0. The van der Waals surface area contributed by atoms with E-state index < -0.39 is 0 Å². The van der Waals surface area contributed by atoms with Crippen molar-refractivity contribution in [2.75, 3.05) is 18.0 Å². The van der Waals surface area contributed by atoms with Gasteiger partial charge in [-0.05, 0) is 42.5 Å². The molecule has 5 rings (SSSR count). The van der Waals surface area contributed by atoms with E-state index in [1.165, 1.54) is 11.1 Å². The Morgan fingerprint density at radius 3 is 2.75 bits per heavy atom. The molecule has 0 radical (unpaired) electrons. The Labute approximate surface area is 188 Å². The van der Waals surface area contributed by atoms with Crippen LogP contribution in [0.2, 0.25) is 0 Å². The number of hydrogen-bond acceptors (Lipinski definition) is 5. The molecular formula is C25H29N5O2. The summed E-state index contributed by atoms with van der Waals surface area (Å²) in [6, 6.07) is 14.6. The maximum Gasteiger partial charge on any atom is 0.222 e. The first-order valence-corrected chi connectivity index (χ1v) is 11.3. The number of carbonyl (C=O) groups excluding carboxylic acids is 1. The number of nitrogens with one attached hydrogen (secondary N) is 1. The summed E-state index contributed by atoms with van der Waals surface area (Å²) in [6.07, 6.45) is 8.30. The maximum atomic E-state index is 12.7. The van der Waals surface area contributed by atoms with Gasteiger partial charge in [0, 0.05) is 44.6 Å². The smallest absolute Gasteiger partial charge is 0.222 e. The summed E-state index contributed by atoms with van der Waals surface area (Å²) in [5.41, 5.74) is 3.24. The number of nitrogens with zero attached hydrogens (tertiary/aromatic N) is 4. The molecule has 32 heavy (non-hydrogen) atoms. The van der Waals surface area contributed by atoms with Crippen LogP contribution in [0, 0.1) is 0 Å². The van der Waals surface area contributed by atoms with Gasteiger partial charge in [0.1, 0.15) is 5.82 Å². The van der Waals surface area contributed by atoms with Gasteiger partial charge in [0.15, 0.2) is 0 Å². The number of hydrogen-bond donors (Lipinski definition) is 1. The Kier molecular flexibility index (Phi) is 5.66. The van der Waals surface area contributed by atoms with E-state index in [0.717, 1.165) is 43.7 Å². The fourth-order valence-corrected chi connectivity index (χ4v) is 4.99. The Bertz CT molecular complexity index is 1070. The van der Waals surface area contributed by atoms with Crippen LogP contribution >= 0.6 is 0 Å². The van der Waals surface area contributed by atoms with Gasteiger partial charge in [0.25, 0.3) is 0 Å². The average molecular weight is 432 g/mol. The highest BCUT2D eigenvalue weighted by Crippen LogP contribution is 2.44. The SMILES string of the molecule is Cn1cc(CNC(=O)CC2Cc3ccccc3C3(CCN(c4ccccn4)CC3)O2)cn1. The van der Waals surface area contributed by atoms with Crippen LogP contribution in [0.15, 0.2) is 61.1 Å². The van der Waals surface area contributed by atoms with E-state index in [0.29, 0.717) is 13.0 Å². The molecule has 0 aliphatic carbocycles. The third-order valence-corrected chi connectivity index (χ3v) is 6.55. The summed E-state index contributed by atoms with van der Waals surface area (Å²) in [4.78, 5) is 19.5. The molecule has 3 aromatic rings. The summed E-state index contributed by atoms with van der Waals surface area (Å²) in [5.74, 6) is 1.03. The third-order valence-electron chi connectivity index (χ3n) is 6.55. The highest BCUT2D eigenvalue weighted by atomic mass is 16.5. The van der Waals surface area contributed by atoms with Crippen molar-refractivity contribution >= 4 is 11.7 Å². The molecule has 0 saturated carbocycles. The van der Waals surface area contributed by atoms with Crippen LogP contribution < -0.4 is 10.2 Å². The van der Waals surface area contributed by atoms with Gasteiger partial charge in [-0.3, -0.25) is 9.48 Å². The largest absolute Gasteiger partial charge is 0.366 e. The molecule has 2 aliphatic heterocycles. The standard InChI is InChI=1S/C25H29N5O2/c1-29-18-19(17-28-29)16-27-24(31)15-21-14-20-6-2-3-7-22(20)25(32-21)9-12-30(13-10-25)23-8-4-5-11-26-23/h2-8,11,17-18,21H,9-10,12-16H2,1H3,(H,27,31). The van der Waals surface area contributed by atoms with Crippen molar-refractivity contribution in [3.63, 3.8) is 0 Å². The van der Waals surface area contributed by atoms with Crippen LogP contribution in [0.25, 0.3) is 0 Å². The van der Waals surface area contributed by atoms with Crippen molar-refractivity contribution in [2.45, 2.75) is 43.9 Å².